The van der Waals surface area contributed by atoms with Crippen LogP contribution in [0.4, 0.5) is 0 Å². The van der Waals surface area contributed by atoms with Crippen LogP contribution < -0.4 is 9.47 Å². The van der Waals surface area contributed by atoms with E-state index in [4.69, 9.17) is 14.5 Å². The lowest BCUT2D eigenvalue weighted by atomic mass is 10.0. The maximum absolute atomic E-state index is 12.2. The van der Waals surface area contributed by atoms with Crippen LogP contribution >= 0.6 is 0 Å². The molecule has 0 aliphatic carbocycles. The molecule has 1 aromatic heterocycles. The summed E-state index contributed by atoms with van der Waals surface area (Å²) in [6, 6.07) is 27.1. The normalized spacial score (nSPS) is 16.2. The van der Waals surface area contributed by atoms with Crippen molar-refractivity contribution in [1.82, 2.24) is 14.5 Å². The van der Waals surface area contributed by atoms with Crippen molar-refractivity contribution in [3.05, 3.63) is 90.1 Å². The van der Waals surface area contributed by atoms with Crippen LogP contribution in [-0.4, -0.2) is 47.7 Å². The first-order chi connectivity index (χ1) is 20.5. The van der Waals surface area contributed by atoms with Crippen LogP contribution in [0.15, 0.2) is 78.9 Å². The first-order valence-corrected chi connectivity index (χ1v) is 16.8. The lowest BCUT2D eigenvalue weighted by Gasteiger charge is -2.30. The molecule has 3 heterocycles. The zero-order valence-corrected chi connectivity index (χ0v) is 25.1. The highest BCUT2D eigenvalue weighted by atomic mass is 32.2. The Kier molecular flexibility index (Phi) is 8.63. The van der Waals surface area contributed by atoms with Crippen molar-refractivity contribution in [2.24, 2.45) is 5.92 Å². The molecule has 4 aromatic rings. The van der Waals surface area contributed by atoms with E-state index in [0.717, 1.165) is 65.6 Å². The van der Waals surface area contributed by atoms with Gasteiger partial charge < -0.3 is 14.0 Å². The van der Waals surface area contributed by atoms with Crippen molar-refractivity contribution in [3.63, 3.8) is 0 Å². The maximum Gasteiger partial charge on any atom is 0.231 e. The molecule has 6 rings (SSSR count). The minimum absolute atomic E-state index is 0.248. The quantitative estimate of drug-likeness (QED) is 0.198. The molecule has 0 radical (unpaired) electrons. The molecule has 0 unspecified atom stereocenters. The smallest absolute Gasteiger partial charge is 0.231 e. The van der Waals surface area contributed by atoms with E-state index in [1.54, 1.807) is 0 Å². The van der Waals surface area contributed by atoms with Gasteiger partial charge in [-0.05, 0) is 42.9 Å². The van der Waals surface area contributed by atoms with Crippen LogP contribution in [0.5, 0.6) is 11.5 Å². The molecule has 0 atom stereocenters. The Balaban J connectivity index is 1.40. The molecule has 3 aromatic carbocycles. The zero-order valence-electron chi connectivity index (χ0n) is 24.2. The number of rotatable bonds is 11. The number of nitrogens with zero attached hydrogens (tertiary/aromatic N) is 3. The van der Waals surface area contributed by atoms with Crippen LogP contribution in [0.1, 0.15) is 43.9 Å². The summed E-state index contributed by atoms with van der Waals surface area (Å²) in [5.74, 6) is 3.42. The first-order valence-electron chi connectivity index (χ1n) is 15.0. The van der Waals surface area contributed by atoms with Crippen molar-refractivity contribution in [2.45, 2.75) is 52.2 Å². The molecule has 220 valence electrons. The number of sulfone groups is 1. The predicted molar refractivity (Wildman–Crippen MR) is 166 cm³/mol. The lowest BCUT2D eigenvalue weighted by molar-refractivity contribution is 0.173. The average Bonchev–Trinajstić information content (AvgIpc) is 3.62. The van der Waals surface area contributed by atoms with E-state index >= 15 is 0 Å². The largest absolute Gasteiger partial charge is 0.454 e. The van der Waals surface area contributed by atoms with E-state index in [-0.39, 0.29) is 18.3 Å². The topological polar surface area (TPSA) is 73.7 Å². The van der Waals surface area contributed by atoms with Gasteiger partial charge in [0.2, 0.25) is 6.79 Å². The summed E-state index contributed by atoms with van der Waals surface area (Å²) in [7, 11) is -2.93. The van der Waals surface area contributed by atoms with Gasteiger partial charge in [-0.3, -0.25) is 4.90 Å². The molecule has 0 saturated carbocycles. The molecule has 2 aliphatic heterocycles. The summed E-state index contributed by atoms with van der Waals surface area (Å²) in [4.78, 5) is 7.77. The summed E-state index contributed by atoms with van der Waals surface area (Å²) in [5, 5.41) is 0. The molecule has 0 spiro atoms. The van der Waals surface area contributed by atoms with Crippen LogP contribution in [0.2, 0.25) is 0 Å². The van der Waals surface area contributed by atoms with Gasteiger partial charge in [0.25, 0.3) is 0 Å². The third kappa shape index (κ3) is 6.55. The van der Waals surface area contributed by atoms with Gasteiger partial charge in [-0.2, -0.15) is 0 Å². The zero-order chi connectivity index (χ0) is 28.9. The Labute approximate surface area is 249 Å². The van der Waals surface area contributed by atoms with Gasteiger partial charge in [0.05, 0.1) is 22.9 Å². The van der Waals surface area contributed by atoms with Crippen molar-refractivity contribution in [3.8, 4) is 34.1 Å². The third-order valence-corrected chi connectivity index (χ3v) is 10.0. The molecule has 0 amide bonds. The SMILES string of the molecule is CCCCn1c(-c2ccccc2)nc(-c2ccccc2)c1CN(Cc1ccc2c(c1)OCO2)CC1CCS(=O)(=O)CC1. The van der Waals surface area contributed by atoms with Gasteiger partial charge in [-0.15, -0.1) is 0 Å². The van der Waals surface area contributed by atoms with Gasteiger partial charge in [-0.1, -0.05) is 80.1 Å². The molecular formula is C34H39N3O4S. The molecule has 7 nitrogen and oxygen atoms in total. The minimum atomic E-state index is -2.93. The number of hydrogen-bond donors (Lipinski definition) is 0. The van der Waals surface area contributed by atoms with Crippen LogP contribution in [-0.2, 0) is 29.5 Å². The number of aromatic nitrogens is 2. The van der Waals surface area contributed by atoms with Gasteiger partial charge >= 0.3 is 0 Å². The lowest BCUT2D eigenvalue weighted by Crippen LogP contribution is -2.34. The third-order valence-electron chi connectivity index (χ3n) is 8.29. The van der Waals surface area contributed by atoms with Gasteiger partial charge in [0.15, 0.2) is 11.5 Å². The van der Waals surface area contributed by atoms with E-state index in [9.17, 15) is 8.42 Å². The molecular weight excluding hydrogens is 546 g/mol. The Morgan fingerprint density at radius 1 is 0.881 bits per heavy atom. The molecule has 8 heteroatoms. The van der Waals surface area contributed by atoms with Gasteiger partial charge in [0.1, 0.15) is 15.7 Å². The summed E-state index contributed by atoms with van der Waals surface area (Å²) >= 11 is 0. The summed E-state index contributed by atoms with van der Waals surface area (Å²) in [5.41, 5.74) is 5.56. The van der Waals surface area contributed by atoms with Gasteiger partial charge in [0, 0.05) is 37.3 Å². The number of ether oxygens (including phenoxy) is 2. The van der Waals surface area contributed by atoms with E-state index in [2.05, 4.69) is 77.1 Å². The van der Waals surface area contributed by atoms with E-state index < -0.39 is 9.84 Å². The monoisotopic (exact) mass is 585 g/mol. The number of benzene rings is 3. The molecule has 2 aliphatic rings. The molecule has 42 heavy (non-hydrogen) atoms. The predicted octanol–water partition coefficient (Wildman–Crippen LogP) is 6.57. The second-order valence-electron chi connectivity index (χ2n) is 11.4. The Hall–Kier alpha value is -3.62. The second kappa shape index (κ2) is 12.7. The Morgan fingerprint density at radius 3 is 2.29 bits per heavy atom. The van der Waals surface area contributed by atoms with E-state index in [1.165, 1.54) is 5.69 Å². The summed E-state index contributed by atoms with van der Waals surface area (Å²) in [6.07, 6.45) is 3.55. The average molecular weight is 586 g/mol. The Morgan fingerprint density at radius 2 is 1.57 bits per heavy atom. The fourth-order valence-electron chi connectivity index (χ4n) is 6.02. The highest BCUT2D eigenvalue weighted by molar-refractivity contribution is 7.91. The number of unbranched alkanes of at least 4 members (excludes halogenated alkanes) is 1. The number of imidazole rings is 1. The molecule has 0 N–H and O–H groups in total. The fraction of sp³-hybridized carbons (Fsp3) is 0.382. The molecule has 0 bridgehead atoms. The van der Waals surface area contributed by atoms with E-state index in [0.29, 0.717) is 31.8 Å². The van der Waals surface area contributed by atoms with Crippen LogP contribution in [0, 0.1) is 5.92 Å². The summed E-state index contributed by atoms with van der Waals surface area (Å²) < 4.78 is 38.1. The highest BCUT2D eigenvalue weighted by Crippen LogP contribution is 2.35. The fourth-order valence-corrected chi connectivity index (χ4v) is 7.61. The number of hydrogen-bond acceptors (Lipinski definition) is 6. The molecule has 1 saturated heterocycles. The first kappa shape index (κ1) is 28.5. The Bertz CT molecular complexity index is 1590. The van der Waals surface area contributed by atoms with Gasteiger partial charge in [-0.25, -0.2) is 13.4 Å². The van der Waals surface area contributed by atoms with Crippen molar-refractivity contribution >= 4 is 9.84 Å². The standard InChI is InChI=1S/C34H39N3O4S/c1-2-3-18-37-30(33(28-10-6-4-7-11-28)35-34(37)29-12-8-5-9-13-29)24-36(22-26-16-19-42(38,39)20-17-26)23-27-14-15-31-32(21-27)41-25-40-31/h4-15,21,26H,2-3,16-20,22-25H2,1H3. The second-order valence-corrected chi connectivity index (χ2v) is 13.7. The minimum Gasteiger partial charge on any atom is -0.454 e. The van der Waals surface area contributed by atoms with E-state index in [1.807, 2.05) is 18.2 Å². The van der Waals surface area contributed by atoms with Crippen molar-refractivity contribution in [2.75, 3.05) is 24.8 Å². The number of fused-ring (bicyclic) bond motifs is 1. The van der Waals surface area contributed by atoms with Crippen LogP contribution in [0.25, 0.3) is 22.6 Å². The van der Waals surface area contributed by atoms with Crippen LogP contribution in [0.3, 0.4) is 0 Å². The summed E-state index contributed by atoms with van der Waals surface area (Å²) in [6.45, 7) is 5.59. The molecule has 1 fully saturated rings. The highest BCUT2D eigenvalue weighted by Gasteiger charge is 2.28. The maximum atomic E-state index is 12.2. The van der Waals surface area contributed by atoms with Crippen molar-refractivity contribution < 1.29 is 17.9 Å². The van der Waals surface area contributed by atoms with Crippen molar-refractivity contribution in [1.29, 1.82) is 0 Å².